The lowest BCUT2D eigenvalue weighted by Crippen LogP contribution is -2.46. The lowest BCUT2D eigenvalue weighted by atomic mass is 9.95. The lowest BCUT2D eigenvalue weighted by Gasteiger charge is -2.29. The van der Waals surface area contributed by atoms with E-state index < -0.39 is 22.1 Å². The monoisotopic (exact) mass is 566 g/mol. The quantitative estimate of drug-likeness (QED) is 0.238. The van der Waals surface area contributed by atoms with Crippen molar-refractivity contribution in [2.24, 2.45) is 0 Å². The number of carboxylic acids is 1. The summed E-state index contributed by atoms with van der Waals surface area (Å²) in [4.78, 5) is 11.0. The van der Waals surface area contributed by atoms with Gasteiger partial charge in [-0.2, -0.15) is 4.31 Å². The highest BCUT2D eigenvalue weighted by Crippen LogP contribution is 2.27. The fourth-order valence-electron chi connectivity index (χ4n) is 4.72. The molecule has 0 saturated heterocycles. The van der Waals surface area contributed by atoms with Gasteiger partial charge in [-0.25, -0.2) is 8.42 Å². The summed E-state index contributed by atoms with van der Waals surface area (Å²) >= 11 is 0. The molecule has 3 N–H and O–H groups in total. The summed E-state index contributed by atoms with van der Waals surface area (Å²) in [7, 11) is -2.30. The predicted octanol–water partition coefficient (Wildman–Crippen LogP) is 5.05. The number of aliphatic hydroxyl groups is 1. The van der Waals surface area contributed by atoms with Crippen molar-refractivity contribution in [3.8, 4) is 11.1 Å². The van der Waals surface area contributed by atoms with Gasteiger partial charge in [-0.1, -0.05) is 60.7 Å². The van der Waals surface area contributed by atoms with Gasteiger partial charge in [0.05, 0.1) is 11.0 Å². The number of hydrogen-bond acceptors (Lipinski definition) is 5. The fraction of sp³-hybridized carbons (Fsp3) is 0.406. The average Bonchev–Trinajstić information content (AvgIpc) is 2.91. The van der Waals surface area contributed by atoms with E-state index in [0.29, 0.717) is 13.0 Å². The van der Waals surface area contributed by atoms with Gasteiger partial charge in [-0.05, 0) is 86.4 Å². The van der Waals surface area contributed by atoms with Crippen LogP contribution in [0, 0.1) is 6.92 Å². The van der Waals surface area contributed by atoms with Crippen molar-refractivity contribution in [2.75, 3.05) is 20.1 Å². The van der Waals surface area contributed by atoms with Gasteiger partial charge in [0.25, 0.3) is 0 Å². The number of nitrogens with one attached hydrogen (secondary N) is 1. The van der Waals surface area contributed by atoms with Crippen molar-refractivity contribution >= 4 is 16.0 Å². The van der Waals surface area contributed by atoms with Crippen LogP contribution in [-0.4, -0.2) is 60.7 Å². The van der Waals surface area contributed by atoms with Crippen LogP contribution in [0.2, 0.25) is 0 Å². The maximum absolute atomic E-state index is 13.3. The van der Waals surface area contributed by atoms with Gasteiger partial charge >= 0.3 is 5.97 Å². The van der Waals surface area contributed by atoms with Crippen LogP contribution in [0.1, 0.15) is 49.8 Å². The number of aryl methyl sites for hydroxylation is 3. The van der Waals surface area contributed by atoms with E-state index in [2.05, 4.69) is 31.3 Å². The van der Waals surface area contributed by atoms with Gasteiger partial charge < -0.3 is 15.5 Å². The van der Waals surface area contributed by atoms with Gasteiger partial charge in [-0.3, -0.25) is 4.79 Å². The van der Waals surface area contributed by atoms with Crippen LogP contribution in [-0.2, 0) is 27.7 Å². The molecule has 216 valence electrons. The Morgan fingerprint density at radius 1 is 0.975 bits per heavy atom. The second kappa shape index (κ2) is 14.0. The standard InChI is InChI=1S/C32H42N2O5S/c1-24-21-29(17-18-30(24)27-15-12-26(13-16-27)14-19-31(36)37)40(38,39)34(4)23-28(35)22-33-32(2,3)20-8-11-25-9-6-5-7-10-25/h5-7,9-10,12-13,15-18,21,28,33,35H,8,11,14,19-20,22-23H2,1-4H3,(H,36,37)/t28-/m1/s1. The number of benzene rings is 3. The van der Waals surface area contributed by atoms with E-state index in [4.69, 9.17) is 5.11 Å². The number of carbonyl (C=O) groups is 1. The van der Waals surface area contributed by atoms with E-state index >= 15 is 0 Å². The van der Waals surface area contributed by atoms with Crippen LogP contribution in [0.5, 0.6) is 0 Å². The molecule has 8 heteroatoms. The molecule has 0 bridgehead atoms. The summed E-state index contributed by atoms with van der Waals surface area (Å²) in [6, 6.07) is 23.0. The number of rotatable bonds is 15. The van der Waals surface area contributed by atoms with Crippen LogP contribution in [0.4, 0.5) is 0 Å². The first-order valence-corrected chi connectivity index (χ1v) is 15.2. The molecule has 0 amide bonds. The number of β-amino-alcohol motifs (C(OH)–C–C–N with tert-alkyl or cyclic N) is 1. The smallest absolute Gasteiger partial charge is 0.303 e. The van der Waals surface area contributed by atoms with Crippen molar-refractivity contribution in [1.82, 2.24) is 9.62 Å². The Bertz CT molecular complexity index is 1360. The van der Waals surface area contributed by atoms with Gasteiger partial charge in [0.15, 0.2) is 0 Å². The lowest BCUT2D eigenvalue weighted by molar-refractivity contribution is -0.136. The number of nitrogens with zero attached hydrogens (tertiary/aromatic N) is 1. The Hall–Kier alpha value is -3.04. The number of aliphatic carboxylic acids is 1. The highest BCUT2D eigenvalue weighted by Gasteiger charge is 2.25. The minimum Gasteiger partial charge on any atom is -0.481 e. The van der Waals surface area contributed by atoms with Crippen molar-refractivity contribution in [2.45, 2.75) is 69.4 Å². The minimum absolute atomic E-state index is 0.0198. The third kappa shape index (κ3) is 9.27. The van der Waals surface area contributed by atoms with Crippen LogP contribution in [0.3, 0.4) is 0 Å². The van der Waals surface area contributed by atoms with Crippen molar-refractivity contribution in [3.05, 3.63) is 89.5 Å². The minimum atomic E-state index is -3.79. The number of hydrogen-bond donors (Lipinski definition) is 3. The summed E-state index contributed by atoms with van der Waals surface area (Å²) < 4.78 is 27.7. The van der Waals surface area contributed by atoms with Crippen molar-refractivity contribution < 1.29 is 23.4 Å². The molecule has 0 aliphatic rings. The normalized spacial score (nSPS) is 12.9. The van der Waals surface area contributed by atoms with E-state index in [9.17, 15) is 18.3 Å². The van der Waals surface area contributed by atoms with Crippen molar-refractivity contribution in [1.29, 1.82) is 0 Å². The molecule has 0 fully saturated rings. The SMILES string of the molecule is Cc1cc(S(=O)(=O)N(C)C[C@H](O)CNC(C)(C)CCCc2ccccc2)ccc1-c1ccc(CCC(=O)O)cc1. The van der Waals surface area contributed by atoms with Crippen LogP contribution >= 0.6 is 0 Å². The Balaban J connectivity index is 1.55. The van der Waals surface area contributed by atoms with E-state index in [1.165, 1.54) is 16.9 Å². The fourth-order valence-corrected chi connectivity index (χ4v) is 6.02. The molecule has 0 spiro atoms. The van der Waals surface area contributed by atoms with Gasteiger partial charge in [-0.15, -0.1) is 0 Å². The largest absolute Gasteiger partial charge is 0.481 e. The summed E-state index contributed by atoms with van der Waals surface area (Å²) in [6.07, 6.45) is 2.62. The zero-order valence-electron chi connectivity index (χ0n) is 23.9. The number of sulfonamides is 1. The molecular weight excluding hydrogens is 524 g/mol. The zero-order valence-corrected chi connectivity index (χ0v) is 24.7. The first-order valence-electron chi connectivity index (χ1n) is 13.7. The van der Waals surface area contributed by atoms with E-state index in [1.54, 1.807) is 18.2 Å². The summed E-state index contributed by atoms with van der Waals surface area (Å²) in [5.41, 5.74) is 4.71. The highest BCUT2D eigenvalue weighted by molar-refractivity contribution is 7.89. The third-order valence-corrected chi connectivity index (χ3v) is 9.01. The Labute approximate surface area is 238 Å². The van der Waals surface area contributed by atoms with Crippen LogP contribution < -0.4 is 5.32 Å². The number of aliphatic hydroxyl groups excluding tert-OH is 1. The van der Waals surface area contributed by atoms with Gasteiger partial charge in [0, 0.05) is 32.1 Å². The highest BCUT2D eigenvalue weighted by atomic mass is 32.2. The molecule has 0 saturated carbocycles. The van der Waals surface area contributed by atoms with Crippen LogP contribution in [0.15, 0.2) is 77.7 Å². The Kier molecular flexibility index (Phi) is 11.0. The number of likely N-dealkylation sites (N-methyl/N-ethyl adjacent to an activating group) is 1. The number of carboxylic acid groups (broad SMARTS) is 1. The van der Waals surface area contributed by atoms with E-state index in [1.807, 2.05) is 49.4 Å². The van der Waals surface area contributed by atoms with Gasteiger partial charge in [0.1, 0.15) is 0 Å². The first kappa shape index (κ1) is 31.5. The molecular formula is C32H42N2O5S. The Morgan fingerprint density at radius 3 is 2.25 bits per heavy atom. The summed E-state index contributed by atoms with van der Waals surface area (Å²) in [5, 5.41) is 22.9. The predicted molar refractivity (Wildman–Crippen MR) is 160 cm³/mol. The summed E-state index contributed by atoms with van der Waals surface area (Å²) in [6.45, 7) is 6.33. The molecule has 3 aromatic rings. The van der Waals surface area contributed by atoms with Gasteiger partial charge in [0.2, 0.25) is 10.0 Å². The maximum atomic E-state index is 13.3. The zero-order chi connectivity index (χ0) is 29.3. The van der Waals surface area contributed by atoms with Crippen molar-refractivity contribution in [3.63, 3.8) is 0 Å². The molecule has 0 aliphatic heterocycles. The van der Waals surface area contributed by atoms with E-state index in [-0.39, 0.29) is 23.4 Å². The molecule has 0 unspecified atom stereocenters. The third-order valence-electron chi connectivity index (χ3n) is 7.19. The van der Waals surface area contributed by atoms with Crippen LogP contribution in [0.25, 0.3) is 11.1 Å². The maximum Gasteiger partial charge on any atom is 0.303 e. The molecule has 1 atom stereocenters. The molecule has 3 rings (SSSR count). The second-order valence-electron chi connectivity index (χ2n) is 11.1. The Morgan fingerprint density at radius 2 is 1.62 bits per heavy atom. The first-order chi connectivity index (χ1) is 18.9. The average molecular weight is 567 g/mol. The summed E-state index contributed by atoms with van der Waals surface area (Å²) in [5.74, 6) is -0.830. The molecule has 0 radical (unpaired) electrons. The molecule has 3 aromatic carbocycles. The molecule has 7 nitrogen and oxygen atoms in total. The van der Waals surface area contributed by atoms with E-state index in [0.717, 1.165) is 41.5 Å². The molecule has 0 heterocycles. The molecule has 0 aliphatic carbocycles. The molecule has 40 heavy (non-hydrogen) atoms. The molecule has 0 aromatic heterocycles. The topological polar surface area (TPSA) is 107 Å². The second-order valence-corrected chi connectivity index (χ2v) is 13.2.